The number of phenols is 1. The van der Waals surface area contributed by atoms with Gasteiger partial charge in [0, 0.05) is 6.42 Å². The summed E-state index contributed by atoms with van der Waals surface area (Å²) < 4.78 is 44.4. The zero-order valence-corrected chi connectivity index (χ0v) is 21.4. The summed E-state index contributed by atoms with van der Waals surface area (Å²) in [6, 6.07) is 23.1. The second-order valence-electron chi connectivity index (χ2n) is 9.50. The number of ether oxygens (including phenoxy) is 2. The van der Waals surface area contributed by atoms with Crippen molar-refractivity contribution in [1.82, 2.24) is 0 Å². The minimum Gasteiger partial charge on any atom is -0.508 e. The first-order chi connectivity index (χ1) is 18.5. The van der Waals surface area contributed by atoms with Gasteiger partial charge in [0.2, 0.25) is 0 Å². The number of para-hydroxylation sites is 1. The first-order valence-corrected chi connectivity index (χ1v) is 14.1. The summed E-state index contributed by atoms with van der Waals surface area (Å²) in [5.41, 5.74) is 3.51. The Bertz CT molecular complexity index is 1390. The van der Waals surface area contributed by atoms with E-state index in [0.29, 0.717) is 13.0 Å². The van der Waals surface area contributed by atoms with E-state index in [-0.39, 0.29) is 11.5 Å². The quantitative estimate of drug-likeness (QED) is 0.374. The average molecular weight is 528 g/mol. The highest BCUT2D eigenvalue weighted by Crippen LogP contribution is 2.51. The van der Waals surface area contributed by atoms with Crippen LogP contribution in [0.3, 0.4) is 0 Å². The molecule has 1 N–H and O–H groups in total. The maximum Gasteiger partial charge on any atom is 0.315 e. The van der Waals surface area contributed by atoms with Crippen LogP contribution in [0.2, 0.25) is 0 Å². The highest BCUT2D eigenvalue weighted by Gasteiger charge is 2.53. The van der Waals surface area contributed by atoms with Gasteiger partial charge in [0.1, 0.15) is 28.6 Å². The second-order valence-corrected chi connectivity index (χ2v) is 11.3. The van der Waals surface area contributed by atoms with Crippen LogP contribution in [0.5, 0.6) is 17.2 Å². The molecule has 2 fully saturated rings. The Morgan fingerprint density at radius 3 is 2.18 bits per heavy atom. The highest BCUT2D eigenvalue weighted by atomic mass is 32.2. The minimum absolute atomic E-state index is 0.167. The lowest BCUT2D eigenvalue weighted by Gasteiger charge is -2.24. The van der Waals surface area contributed by atoms with Gasteiger partial charge in [-0.3, -0.25) is 0 Å². The van der Waals surface area contributed by atoms with Gasteiger partial charge in [0.25, 0.3) is 0 Å². The van der Waals surface area contributed by atoms with Crippen LogP contribution >= 0.6 is 0 Å². The Balaban J connectivity index is 1.28. The second kappa shape index (κ2) is 10.5. The van der Waals surface area contributed by atoms with Crippen molar-refractivity contribution in [2.24, 2.45) is 0 Å². The van der Waals surface area contributed by atoms with E-state index >= 15 is 0 Å². The predicted molar refractivity (Wildman–Crippen MR) is 145 cm³/mol. The zero-order valence-electron chi connectivity index (χ0n) is 20.6. The smallest absolute Gasteiger partial charge is 0.315 e. The molecular weight excluding hydrogens is 500 g/mol. The molecule has 0 aromatic heterocycles. The largest absolute Gasteiger partial charge is 0.508 e. The molecule has 7 heteroatoms. The van der Waals surface area contributed by atoms with Gasteiger partial charge in [-0.2, -0.15) is 8.42 Å². The van der Waals surface area contributed by atoms with Crippen LogP contribution < -0.4 is 8.92 Å². The fourth-order valence-corrected chi connectivity index (χ4v) is 6.68. The molecule has 3 aromatic carbocycles. The standard InChI is InChI=1S/C31H27O6S/c32-24-14-10-22(11-15-24)29-27-20-28(38(33,34)37-26-8-2-1-3-9-26)31(36-27)30(29)23-12-16-25(17-13-23)35-19-18-21-6-4-5-7-21/h1-17,27-28,31-32H,18-20H2/t27-,28+,31+/m1/s1. The van der Waals surface area contributed by atoms with Gasteiger partial charge >= 0.3 is 10.1 Å². The molecule has 38 heavy (non-hydrogen) atoms. The van der Waals surface area contributed by atoms with Crippen LogP contribution in [-0.4, -0.2) is 37.6 Å². The van der Waals surface area contributed by atoms with Gasteiger partial charge in [-0.05, 0) is 96.7 Å². The van der Waals surface area contributed by atoms with Gasteiger partial charge in [0.15, 0.2) is 0 Å². The van der Waals surface area contributed by atoms with E-state index in [1.54, 1.807) is 42.5 Å². The summed E-state index contributed by atoms with van der Waals surface area (Å²) in [6.07, 6.45) is 8.21. The maximum atomic E-state index is 13.3. The lowest BCUT2D eigenvalue weighted by Crippen LogP contribution is -2.35. The molecule has 1 saturated heterocycles. The molecule has 3 aliphatic rings. The molecule has 6 nitrogen and oxygen atoms in total. The molecule has 0 spiro atoms. The lowest BCUT2D eigenvalue weighted by atomic mass is 9.83. The molecule has 3 aromatic rings. The molecule has 0 unspecified atom stereocenters. The molecule has 5 radical (unpaired) electrons. The third-order valence-electron chi connectivity index (χ3n) is 7.05. The molecule has 2 aliphatic heterocycles. The van der Waals surface area contributed by atoms with Crippen molar-refractivity contribution in [2.75, 3.05) is 6.61 Å². The number of aromatic hydroxyl groups is 1. The fourth-order valence-electron chi connectivity index (χ4n) is 5.26. The topological polar surface area (TPSA) is 82.1 Å². The summed E-state index contributed by atoms with van der Waals surface area (Å²) in [4.78, 5) is 0. The van der Waals surface area contributed by atoms with Crippen molar-refractivity contribution in [3.63, 3.8) is 0 Å². The number of phenolic OH excluding ortho intramolecular Hbond substituents is 1. The van der Waals surface area contributed by atoms with Crippen molar-refractivity contribution in [3.8, 4) is 17.2 Å². The number of rotatable bonds is 9. The van der Waals surface area contributed by atoms with E-state index in [4.69, 9.17) is 13.7 Å². The van der Waals surface area contributed by atoms with E-state index in [9.17, 15) is 13.5 Å². The molecular formula is C31H27O6S. The van der Waals surface area contributed by atoms with Crippen LogP contribution in [0.15, 0.2) is 78.9 Å². The minimum atomic E-state index is -3.96. The summed E-state index contributed by atoms with van der Waals surface area (Å²) in [5.74, 6) is 2.42. The molecule has 6 rings (SSSR count). The molecule has 2 heterocycles. The van der Waals surface area contributed by atoms with Crippen LogP contribution in [0.4, 0.5) is 0 Å². The summed E-state index contributed by atoms with van der Waals surface area (Å²) in [6.45, 7) is 0.565. The lowest BCUT2D eigenvalue weighted by molar-refractivity contribution is 0.128. The third-order valence-corrected chi connectivity index (χ3v) is 8.66. The van der Waals surface area contributed by atoms with E-state index in [2.05, 4.69) is 12.8 Å². The normalized spacial score (nSPS) is 23.2. The Labute approximate surface area is 224 Å². The monoisotopic (exact) mass is 527 g/mol. The predicted octanol–water partition coefficient (Wildman–Crippen LogP) is 5.43. The molecule has 2 bridgehead atoms. The fraction of sp³-hybridized carbons (Fsp3) is 0.194. The first kappa shape index (κ1) is 25.0. The van der Waals surface area contributed by atoms with Crippen molar-refractivity contribution in [1.29, 1.82) is 0 Å². The van der Waals surface area contributed by atoms with Gasteiger partial charge in [-0.1, -0.05) is 42.5 Å². The van der Waals surface area contributed by atoms with Crippen LogP contribution in [0, 0.1) is 31.6 Å². The van der Waals surface area contributed by atoms with Crippen molar-refractivity contribution in [2.45, 2.75) is 30.3 Å². The zero-order chi connectivity index (χ0) is 26.1. The molecule has 3 atom stereocenters. The van der Waals surface area contributed by atoms with Crippen LogP contribution in [0.1, 0.15) is 24.0 Å². The number of hydrogen-bond donors (Lipinski definition) is 1. The molecule has 1 saturated carbocycles. The first-order valence-electron chi connectivity index (χ1n) is 12.6. The Morgan fingerprint density at radius 1 is 0.816 bits per heavy atom. The summed E-state index contributed by atoms with van der Waals surface area (Å²) in [7, 11) is -3.96. The summed E-state index contributed by atoms with van der Waals surface area (Å²) >= 11 is 0. The van der Waals surface area contributed by atoms with Gasteiger partial charge in [-0.25, -0.2) is 0 Å². The number of hydrogen-bond acceptors (Lipinski definition) is 6. The van der Waals surface area contributed by atoms with E-state index < -0.39 is 27.6 Å². The van der Waals surface area contributed by atoms with E-state index in [0.717, 1.165) is 34.4 Å². The number of fused-ring (bicyclic) bond motifs is 2. The van der Waals surface area contributed by atoms with Gasteiger partial charge in [0.05, 0.1) is 12.7 Å². The van der Waals surface area contributed by atoms with Crippen molar-refractivity contribution >= 4 is 21.3 Å². The molecule has 193 valence electrons. The van der Waals surface area contributed by atoms with Crippen LogP contribution in [-0.2, 0) is 14.9 Å². The summed E-state index contributed by atoms with van der Waals surface area (Å²) in [5, 5.41) is 8.96. The Hall–Kier alpha value is -3.29. The van der Waals surface area contributed by atoms with E-state index in [1.807, 2.05) is 49.2 Å². The molecule has 0 amide bonds. The Morgan fingerprint density at radius 2 is 1.47 bits per heavy atom. The van der Waals surface area contributed by atoms with E-state index in [1.165, 1.54) is 5.92 Å². The molecule has 1 aliphatic carbocycles. The number of benzene rings is 3. The Kier molecular flexibility index (Phi) is 6.89. The van der Waals surface area contributed by atoms with Crippen LogP contribution in [0.25, 0.3) is 11.1 Å². The highest BCUT2D eigenvalue weighted by molar-refractivity contribution is 7.87. The average Bonchev–Trinajstić information content (AvgIpc) is 3.67. The van der Waals surface area contributed by atoms with Crippen molar-refractivity contribution < 1.29 is 27.2 Å². The SMILES string of the molecule is O=S(=O)(Oc1ccccc1)[C@H]1C[C@H]2O[C@@H]1C(c1ccc(OCC[C]3[CH][CH][CH][CH]3)cc1)=C2c1ccc(O)cc1. The third kappa shape index (κ3) is 5.05. The van der Waals surface area contributed by atoms with Gasteiger partial charge in [-0.15, -0.1) is 0 Å². The van der Waals surface area contributed by atoms with Crippen molar-refractivity contribution in [3.05, 3.63) is 122 Å². The van der Waals surface area contributed by atoms with Gasteiger partial charge < -0.3 is 18.8 Å². The maximum absolute atomic E-state index is 13.3.